The SMILES string of the molecule is Cc1noc(C)c1CCNC(=O)c1c(C)oc2ncn(CC(C)C)c(=O)c12. The monoisotopic (exact) mass is 372 g/mol. The van der Waals surface area contributed by atoms with Gasteiger partial charge in [0.2, 0.25) is 5.71 Å². The summed E-state index contributed by atoms with van der Waals surface area (Å²) >= 11 is 0. The smallest absolute Gasteiger partial charge is 0.265 e. The summed E-state index contributed by atoms with van der Waals surface area (Å²) in [4.78, 5) is 29.8. The van der Waals surface area contributed by atoms with Gasteiger partial charge in [-0.15, -0.1) is 0 Å². The van der Waals surface area contributed by atoms with Crippen LogP contribution < -0.4 is 10.9 Å². The Morgan fingerprint density at radius 2 is 2.00 bits per heavy atom. The normalized spacial score (nSPS) is 11.5. The summed E-state index contributed by atoms with van der Waals surface area (Å²) < 4.78 is 12.2. The van der Waals surface area contributed by atoms with Gasteiger partial charge in [0.1, 0.15) is 23.2 Å². The molecule has 3 aromatic heterocycles. The number of nitrogens with zero attached hydrogens (tertiary/aromatic N) is 3. The number of fused-ring (bicyclic) bond motifs is 1. The Labute approximate surface area is 156 Å². The topological polar surface area (TPSA) is 103 Å². The minimum atomic E-state index is -0.348. The molecule has 0 unspecified atom stereocenters. The van der Waals surface area contributed by atoms with Gasteiger partial charge in [0.15, 0.2) is 0 Å². The van der Waals surface area contributed by atoms with E-state index in [1.54, 1.807) is 6.92 Å². The molecule has 27 heavy (non-hydrogen) atoms. The van der Waals surface area contributed by atoms with E-state index in [-0.39, 0.29) is 34.0 Å². The van der Waals surface area contributed by atoms with Crippen LogP contribution in [0.15, 0.2) is 20.1 Å². The van der Waals surface area contributed by atoms with Crippen LogP contribution in [0.4, 0.5) is 0 Å². The number of amides is 1. The minimum absolute atomic E-state index is 0.188. The van der Waals surface area contributed by atoms with Crippen molar-refractivity contribution in [2.24, 2.45) is 5.92 Å². The molecule has 3 aromatic rings. The van der Waals surface area contributed by atoms with E-state index in [0.29, 0.717) is 25.3 Å². The van der Waals surface area contributed by atoms with Crippen LogP contribution in [-0.2, 0) is 13.0 Å². The summed E-state index contributed by atoms with van der Waals surface area (Å²) in [6, 6.07) is 0. The van der Waals surface area contributed by atoms with Crippen LogP contribution in [0.3, 0.4) is 0 Å². The minimum Gasteiger partial charge on any atom is -0.442 e. The molecule has 8 nitrogen and oxygen atoms in total. The van der Waals surface area contributed by atoms with Gasteiger partial charge in [-0.2, -0.15) is 0 Å². The number of hydrogen-bond acceptors (Lipinski definition) is 6. The van der Waals surface area contributed by atoms with Crippen molar-refractivity contribution >= 4 is 17.0 Å². The van der Waals surface area contributed by atoms with E-state index in [1.165, 1.54) is 10.9 Å². The molecule has 0 aliphatic carbocycles. The fourth-order valence-electron chi connectivity index (χ4n) is 3.18. The van der Waals surface area contributed by atoms with Crippen molar-refractivity contribution in [1.82, 2.24) is 20.0 Å². The van der Waals surface area contributed by atoms with E-state index in [4.69, 9.17) is 8.94 Å². The molecule has 0 atom stereocenters. The van der Waals surface area contributed by atoms with Gasteiger partial charge in [-0.05, 0) is 33.1 Å². The summed E-state index contributed by atoms with van der Waals surface area (Å²) in [5.41, 5.74) is 1.96. The third-order valence-electron chi connectivity index (χ3n) is 4.49. The van der Waals surface area contributed by atoms with E-state index in [9.17, 15) is 9.59 Å². The highest BCUT2D eigenvalue weighted by molar-refractivity contribution is 6.06. The Balaban J connectivity index is 1.85. The fourth-order valence-corrected chi connectivity index (χ4v) is 3.18. The Morgan fingerprint density at radius 1 is 1.26 bits per heavy atom. The van der Waals surface area contributed by atoms with Crippen LogP contribution in [0.25, 0.3) is 11.1 Å². The number of carbonyl (C=O) groups excluding carboxylic acids is 1. The van der Waals surface area contributed by atoms with Crippen molar-refractivity contribution in [2.75, 3.05) is 6.54 Å². The van der Waals surface area contributed by atoms with Crippen LogP contribution in [0.5, 0.6) is 0 Å². The molecule has 3 rings (SSSR count). The zero-order chi connectivity index (χ0) is 19.7. The molecule has 0 aliphatic heterocycles. The van der Waals surface area contributed by atoms with Crippen LogP contribution in [-0.4, -0.2) is 27.2 Å². The molecule has 0 saturated heterocycles. The average molecular weight is 372 g/mol. The Kier molecular flexibility index (Phi) is 5.16. The molecule has 0 spiro atoms. The van der Waals surface area contributed by atoms with Gasteiger partial charge < -0.3 is 14.3 Å². The van der Waals surface area contributed by atoms with Crippen molar-refractivity contribution < 1.29 is 13.7 Å². The first-order chi connectivity index (χ1) is 12.8. The molecule has 1 amide bonds. The first kappa shape index (κ1) is 18.9. The number of furan rings is 1. The van der Waals surface area contributed by atoms with Crippen molar-refractivity contribution in [2.45, 2.75) is 47.6 Å². The lowest BCUT2D eigenvalue weighted by molar-refractivity contribution is 0.0954. The summed E-state index contributed by atoms with van der Waals surface area (Å²) in [5, 5.41) is 6.99. The zero-order valence-electron chi connectivity index (χ0n) is 16.3. The number of hydrogen-bond donors (Lipinski definition) is 1. The van der Waals surface area contributed by atoms with E-state index in [0.717, 1.165) is 17.0 Å². The van der Waals surface area contributed by atoms with Gasteiger partial charge in [-0.3, -0.25) is 14.2 Å². The predicted octanol–water partition coefficient (Wildman–Crippen LogP) is 2.53. The highest BCUT2D eigenvalue weighted by atomic mass is 16.5. The second-order valence-corrected chi connectivity index (χ2v) is 7.12. The highest BCUT2D eigenvalue weighted by Crippen LogP contribution is 2.21. The lowest BCUT2D eigenvalue weighted by Crippen LogP contribution is -2.29. The van der Waals surface area contributed by atoms with Gasteiger partial charge in [-0.25, -0.2) is 4.98 Å². The molecular weight excluding hydrogens is 348 g/mol. The van der Waals surface area contributed by atoms with Crippen LogP contribution >= 0.6 is 0 Å². The number of aryl methyl sites for hydroxylation is 3. The molecule has 0 bridgehead atoms. The predicted molar refractivity (Wildman–Crippen MR) is 99.9 cm³/mol. The number of nitrogens with one attached hydrogen (secondary N) is 1. The first-order valence-corrected chi connectivity index (χ1v) is 8.98. The van der Waals surface area contributed by atoms with Crippen molar-refractivity contribution in [3.63, 3.8) is 0 Å². The lowest BCUT2D eigenvalue weighted by Gasteiger charge is -2.08. The van der Waals surface area contributed by atoms with E-state index in [1.807, 2.05) is 27.7 Å². The maximum absolute atomic E-state index is 12.8. The van der Waals surface area contributed by atoms with E-state index < -0.39 is 0 Å². The highest BCUT2D eigenvalue weighted by Gasteiger charge is 2.23. The molecule has 0 fully saturated rings. The van der Waals surface area contributed by atoms with E-state index in [2.05, 4.69) is 15.5 Å². The summed E-state index contributed by atoms with van der Waals surface area (Å²) in [6.45, 7) is 10.3. The Morgan fingerprint density at radius 3 is 2.63 bits per heavy atom. The molecule has 0 aliphatic rings. The fraction of sp³-hybridized carbons (Fsp3) is 0.474. The first-order valence-electron chi connectivity index (χ1n) is 8.98. The van der Waals surface area contributed by atoms with Crippen molar-refractivity contribution in [3.05, 3.63) is 45.0 Å². The Hall–Kier alpha value is -2.90. The third-order valence-corrected chi connectivity index (χ3v) is 4.49. The largest absolute Gasteiger partial charge is 0.442 e. The summed E-state index contributed by atoms with van der Waals surface area (Å²) in [7, 11) is 0. The average Bonchev–Trinajstić information content (AvgIpc) is 3.10. The molecular formula is C19H24N4O4. The molecule has 0 radical (unpaired) electrons. The van der Waals surface area contributed by atoms with Crippen LogP contribution in [0, 0.1) is 26.7 Å². The van der Waals surface area contributed by atoms with Crippen molar-refractivity contribution in [1.29, 1.82) is 0 Å². The summed E-state index contributed by atoms with van der Waals surface area (Å²) in [5.74, 6) is 1.06. The lowest BCUT2D eigenvalue weighted by atomic mass is 10.1. The number of aromatic nitrogens is 3. The van der Waals surface area contributed by atoms with Gasteiger partial charge in [0, 0.05) is 18.7 Å². The van der Waals surface area contributed by atoms with Gasteiger partial charge in [0.25, 0.3) is 11.5 Å². The zero-order valence-corrected chi connectivity index (χ0v) is 16.3. The molecule has 0 saturated carbocycles. The molecule has 8 heteroatoms. The third kappa shape index (κ3) is 3.65. The second-order valence-electron chi connectivity index (χ2n) is 7.12. The number of rotatable bonds is 6. The number of carbonyl (C=O) groups is 1. The maximum atomic E-state index is 12.8. The maximum Gasteiger partial charge on any atom is 0.265 e. The molecule has 144 valence electrons. The quantitative estimate of drug-likeness (QED) is 0.713. The van der Waals surface area contributed by atoms with Gasteiger partial charge in [0.05, 0.1) is 11.3 Å². The molecule has 1 N–H and O–H groups in total. The second kappa shape index (κ2) is 7.38. The van der Waals surface area contributed by atoms with Crippen LogP contribution in [0.2, 0.25) is 0 Å². The van der Waals surface area contributed by atoms with Gasteiger partial charge >= 0.3 is 0 Å². The van der Waals surface area contributed by atoms with Crippen molar-refractivity contribution in [3.8, 4) is 0 Å². The summed E-state index contributed by atoms with van der Waals surface area (Å²) in [6.07, 6.45) is 2.06. The molecule has 0 aromatic carbocycles. The Bertz CT molecular complexity index is 1020. The molecule has 3 heterocycles. The van der Waals surface area contributed by atoms with Gasteiger partial charge in [-0.1, -0.05) is 19.0 Å². The standard InChI is InChI=1S/C19H24N4O4/c1-10(2)8-23-9-21-18-16(19(23)25)15(13(5)26-18)17(24)20-7-6-14-11(3)22-27-12(14)4/h9-10H,6-8H2,1-5H3,(H,20,24). The van der Waals surface area contributed by atoms with E-state index >= 15 is 0 Å². The van der Waals surface area contributed by atoms with Crippen LogP contribution in [0.1, 0.15) is 47.0 Å².